The molecule has 0 N–H and O–H groups in total. The van der Waals surface area contributed by atoms with Gasteiger partial charge in [-0.15, -0.1) is 0 Å². The molecule has 1 atom stereocenters. The van der Waals surface area contributed by atoms with Gasteiger partial charge >= 0.3 is 0 Å². The van der Waals surface area contributed by atoms with E-state index in [1.165, 1.54) is 5.56 Å². The molecular formula is C20H19NO5. The van der Waals surface area contributed by atoms with Crippen LogP contribution in [-0.4, -0.2) is 38.4 Å². The molecule has 6 heteroatoms. The van der Waals surface area contributed by atoms with Crippen molar-refractivity contribution in [1.82, 2.24) is 4.90 Å². The van der Waals surface area contributed by atoms with Crippen molar-refractivity contribution in [3.8, 4) is 23.0 Å². The summed E-state index contributed by atoms with van der Waals surface area (Å²) in [7, 11) is 3.16. The van der Waals surface area contributed by atoms with Gasteiger partial charge in [0, 0.05) is 6.54 Å². The number of amides is 1. The fourth-order valence-electron chi connectivity index (χ4n) is 4.28. The van der Waals surface area contributed by atoms with Gasteiger partial charge in [-0.2, -0.15) is 0 Å². The zero-order valence-corrected chi connectivity index (χ0v) is 14.7. The first-order chi connectivity index (χ1) is 12.7. The average Bonchev–Trinajstić information content (AvgIpc) is 3.12. The van der Waals surface area contributed by atoms with Crippen molar-refractivity contribution in [2.45, 2.75) is 18.9 Å². The Labute approximate surface area is 151 Å². The molecule has 0 saturated carbocycles. The van der Waals surface area contributed by atoms with E-state index in [9.17, 15) is 4.79 Å². The van der Waals surface area contributed by atoms with Crippen molar-refractivity contribution < 1.29 is 23.7 Å². The molecule has 6 nitrogen and oxygen atoms in total. The zero-order chi connectivity index (χ0) is 17.8. The normalized spacial score (nSPS) is 19.5. The minimum atomic E-state index is -0.00434. The maximum atomic E-state index is 13.3. The van der Waals surface area contributed by atoms with E-state index in [0.29, 0.717) is 23.6 Å². The monoisotopic (exact) mass is 353 g/mol. The molecule has 3 heterocycles. The average molecular weight is 353 g/mol. The number of benzene rings is 2. The van der Waals surface area contributed by atoms with Crippen LogP contribution in [0.15, 0.2) is 24.3 Å². The first-order valence-corrected chi connectivity index (χ1v) is 8.68. The van der Waals surface area contributed by atoms with Gasteiger partial charge in [0.1, 0.15) is 0 Å². The van der Waals surface area contributed by atoms with Crippen LogP contribution in [0.1, 0.15) is 33.1 Å². The quantitative estimate of drug-likeness (QED) is 0.831. The van der Waals surface area contributed by atoms with Crippen LogP contribution in [-0.2, 0) is 12.8 Å². The van der Waals surface area contributed by atoms with Gasteiger partial charge in [0.05, 0.1) is 25.8 Å². The standard InChI is InChI=1S/C20H19NO5/c1-23-15-4-3-12-7-14-13-9-17-16(25-10-26-17)8-11(13)5-6-21(14)20(22)18(12)19(15)24-2/h3-4,8-9,14H,5-7,10H2,1-2H3/t14-/m0/s1. The van der Waals surface area contributed by atoms with E-state index in [0.717, 1.165) is 35.5 Å². The molecule has 0 unspecified atom stereocenters. The van der Waals surface area contributed by atoms with Crippen molar-refractivity contribution in [3.05, 3.63) is 46.5 Å². The second kappa shape index (κ2) is 5.56. The second-order valence-electron chi connectivity index (χ2n) is 6.71. The first kappa shape index (κ1) is 15.4. The highest BCUT2D eigenvalue weighted by Crippen LogP contribution is 2.46. The molecule has 3 aliphatic heterocycles. The summed E-state index contributed by atoms with van der Waals surface area (Å²) in [5.74, 6) is 2.65. The fourth-order valence-corrected chi connectivity index (χ4v) is 4.28. The smallest absolute Gasteiger partial charge is 0.258 e. The van der Waals surface area contributed by atoms with Crippen LogP contribution in [0.4, 0.5) is 0 Å². The van der Waals surface area contributed by atoms with Gasteiger partial charge in [0.25, 0.3) is 5.91 Å². The number of carbonyl (C=O) groups is 1. The van der Waals surface area contributed by atoms with E-state index in [-0.39, 0.29) is 18.7 Å². The van der Waals surface area contributed by atoms with Crippen molar-refractivity contribution in [3.63, 3.8) is 0 Å². The Bertz CT molecular complexity index is 923. The van der Waals surface area contributed by atoms with Crippen LogP contribution in [0.25, 0.3) is 0 Å². The lowest BCUT2D eigenvalue weighted by Crippen LogP contribution is -2.44. The van der Waals surface area contributed by atoms with Crippen molar-refractivity contribution >= 4 is 5.91 Å². The lowest BCUT2D eigenvalue weighted by Gasteiger charge is -2.41. The molecule has 0 aromatic heterocycles. The Kier molecular flexibility index (Phi) is 3.29. The molecule has 3 aliphatic rings. The number of hydrogen-bond acceptors (Lipinski definition) is 5. The second-order valence-corrected chi connectivity index (χ2v) is 6.71. The molecule has 0 saturated heterocycles. The van der Waals surface area contributed by atoms with E-state index in [1.54, 1.807) is 14.2 Å². The summed E-state index contributed by atoms with van der Waals surface area (Å²) in [5, 5.41) is 0. The highest BCUT2D eigenvalue weighted by Gasteiger charge is 2.40. The SMILES string of the molecule is COc1ccc2c(c1OC)C(=O)N1CCc3cc4c(cc3[C@@H]1C2)OCO4. The molecule has 1 amide bonds. The van der Waals surface area contributed by atoms with Crippen molar-refractivity contribution in [2.24, 2.45) is 0 Å². The Morgan fingerprint density at radius 1 is 1.08 bits per heavy atom. The predicted octanol–water partition coefficient (Wildman–Crippen LogP) is 2.73. The summed E-state index contributed by atoms with van der Waals surface area (Å²) in [6.07, 6.45) is 1.55. The number of fused-ring (bicyclic) bond motifs is 5. The van der Waals surface area contributed by atoms with Gasteiger partial charge in [-0.1, -0.05) is 6.07 Å². The molecule has 2 aromatic rings. The van der Waals surface area contributed by atoms with Gasteiger partial charge in [-0.25, -0.2) is 0 Å². The molecule has 0 aliphatic carbocycles. The molecule has 0 radical (unpaired) electrons. The molecular weight excluding hydrogens is 334 g/mol. The van der Waals surface area contributed by atoms with E-state index >= 15 is 0 Å². The predicted molar refractivity (Wildman–Crippen MR) is 93.3 cm³/mol. The van der Waals surface area contributed by atoms with Gasteiger partial charge in [-0.3, -0.25) is 4.79 Å². The molecule has 5 rings (SSSR count). The van der Waals surface area contributed by atoms with Gasteiger partial charge in [0.2, 0.25) is 6.79 Å². The molecule has 0 bridgehead atoms. The number of methoxy groups -OCH3 is 2. The number of hydrogen-bond donors (Lipinski definition) is 0. The molecule has 134 valence electrons. The zero-order valence-electron chi connectivity index (χ0n) is 14.7. The molecule has 2 aromatic carbocycles. The highest BCUT2D eigenvalue weighted by atomic mass is 16.7. The van der Waals surface area contributed by atoms with Crippen LogP contribution in [0.5, 0.6) is 23.0 Å². The van der Waals surface area contributed by atoms with Crippen LogP contribution in [0.2, 0.25) is 0 Å². The molecule has 26 heavy (non-hydrogen) atoms. The Morgan fingerprint density at radius 2 is 1.88 bits per heavy atom. The van der Waals surface area contributed by atoms with E-state index in [1.807, 2.05) is 23.1 Å². The summed E-state index contributed by atoms with van der Waals surface area (Å²) in [4.78, 5) is 15.2. The van der Waals surface area contributed by atoms with Gasteiger partial charge in [0.15, 0.2) is 23.0 Å². The summed E-state index contributed by atoms with van der Waals surface area (Å²) >= 11 is 0. The van der Waals surface area contributed by atoms with E-state index in [4.69, 9.17) is 18.9 Å². The highest BCUT2D eigenvalue weighted by molar-refractivity contribution is 6.01. The lowest BCUT2D eigenvalue weighted by atomic mass is 9.83. The largest absolute Gasteiger partial charge is 0.493 e. The Balaban J connectivity index is 1.63. The van der Waals surface area contributed by atoms with Crippen molar-refractivity contribution in [2.75, 3.05) is 27.6 Å². The Morgan fingerprint density at radius 3 is 2.65 bits per heavy atom. The number of nitrogens with zero attached hydrogens (tertiary/aromatic N) is 1. The topological polar surface area (TPSA) is 57.2 Å². The number of carbonyl (C=O) groups excluding carboxylic acids is 1. The maximum absolute atomic E-state index is 13.3. The molecule has 0 spiro atoms. The van der Waals surface area contributed by atoms with Crippen LogP contribution >= 0.6 is 0 Å². The fraction of sp³-hybridized carbons (Fsp3) is 0.350. The minimum Gasteiger partial charge on any atom is -0.493 e. The number of ether oxygens (including phenoxy) is 4. The maximum Gasteiger partial charge on any atom is 0.258 e. The third-order valence-corrected chi connectivity index (χ3v) is 5.51. The Hall–Kier alpha value is -2.89. The molecule has 0 fully saturated rings. The summed E-state index contributed by atoms with van der Waals surface area (Å²) in [6, 6.07) is 7.93. The number of rotatable bonds is 2. The van der Waals surface area contributed by atoms with Crippen LogP contribution in [0, 0.1) is 0 Å². The third-order valence-electron chi connectivity index (χ3n) is 5.51. The minimum absolute atomic E-state index is 0.00434. The van der Waals surface area contributed by atoms with E-state index < -0.39 is 0 Å². The summed E-state index contributed by atoms with van der Waals surface area (Å²) < 4.78 is 21.9. The lowest BCUT2D eigenvalue weighted by molar-refractivity contribution is 0.0626. The van der Waals surface area contributed by atoms with Gasteiger partial charge in [-0.05, 0) is 47.7 Å². The van der Waals surface area contributed by atoms with Crippen molar-refractivity contribution in [1.29, 1.82) is 0 Å². The third kappa shape index (κ3) is 2.01. The van der Waals surface area contributed by atoms with Crippen LogP contribution in [0.3, 0.4) is 0 Å². The first-order valence-electron chi connectivity index (χ1n) is 8.68. The summed E-state index contributed by atoms with van der Waals surface area (Å²) in [5.41, 5.74) is 3.98. The van der Waals surface area contributed by atoms with E-state index in [2.05, 4.69) is 6.07 Å². The van der Waals surface area contributed by atoms with Crippen LogP contribution < -0.4 is 18.9 Å². The summed E-state index contributed by atoms with van der Waals surface area (Å²) in [6.45, 7) is 0.932. The van der Waals surface area contributed by atoms with Gasteiger partial charge < -0.3 is 23.8 Å².